The van der Waals surface area contributed by atoms with Crippen LogP contribution in [-0.4, -0.2) is 34.2 Å². The molecule has 148 valence electrons. The van der Waals surface area contributed by atoms with Gasteiger partial charge >= 0.3 is 12.4 Å². The summed E-state index contributed by atoms with van der Waals surface area (Å²) in [5, 5.41) is 0. The lowest BCUT2D eigenvalue weighted by molar-refractivity contribution is -0.274. The first kappa shape index (κ1) is 19.7. The topological polar surface area (TPSA) is 62.7 Å². The molecule has 0 saturated carbocycles. The van der Waals surface area contributed by atoms with E-state index in [1.807, 2.05) is 13.0 Å². The zero-order chi connectivity index (χ0) is 20.5. The van der Waals surface area contributed by atoms with Gasteiger partial charge in [-0.3, -0.25) is 9.78 Å². The van der Waals surface area contributed by atoms with Crippen LogP contribution in [0.3, 0.4) is 0 Å². The highest BCUT2D eigenvalue weighted by atomic mass is 19.4. The van der Waals surface area contributed by atoms with Crippen molar-refractivity contribution >= 4 is 17.6 Å². The third-order valence-electron chi connectivity index (χ3n) is 4.41. The smallest absolute Gasteiger partial charge is 0.406 e. The number of aromatic nitrogens is 1. The summed E-state index contributed by atoms with van der Waals surface area (Å²) in [6.07, 6.45) is -2.42. The summed E-state index contributed by atoms with van der Waals surface area (Å²) >= 11 is 0. The van der Waals surface area contributed by atoms with Gasteiger partial charge in [0.25, 0.3) is 5.91 Å². The molecule has 2 aromatic rings. The number of alkyl halides is 3. The Morgan fingerprint density at radius 3 is 2.43 bits per heavy atom. The fourth-order valence-electron chi connectivity index (χ4n) is 2.96. The molecule has 0 radical (unpaired) electrons. The van der Waals surface area contributed by atoms with Gasteiger partial charge in [0.05, 0.1) is 5.69 Å². The monoisotopic (exact) mass is 393 g/mol. The number of ether oxygens (including phenoxy) is 1. The normalized spacial score (nSPS) is 17.4. The summed E-state index contributed by atoms with van der Waals surface area (Å²) in [7, 11) is 0. The van der Waals surface area contributed by atoms with Crippen LogP contribution in [0.4, 0.5) is 23.7 Å². The van der Waals surface area contributed by atoms with E-state index in [4.69, 9.17) is 0 Å². The van der Waals surface area contributed by atoms with E-state index in [1.165, 1.54) is 17.0 Å². The zero-order valence-electron chi connectivity index (χ0n) is 15.2. The van der Waals surface area contributed by atoms with Crippen molar-refractivity contribution in [3.63, 3.8) is 0 Å². The van der Waals surface area contributed by atoms with E-state index in [0.29, 0.717) is 0 Å². The summed E-state index contributed by atoms with van der Waals surface area (Å²) in [5.74, 6) is -0.872. The standard InChI is InChI=1S/C19H18F3N3O3/c1-3-14-10-13(8-9-23-14)11-24-12(2)17(26)25(18(24)27)15-4-6-16(7-5-15)28-19(20,21)22/h4-10,12H,3,11H2,1-2H3. The van der Waals surface area contributed by atoms with Gasteiger partial charge in [-0.25, -0.2) is 9.69 Å². The molecule has 2 heterocycles. The number of nitrogens with zero attached hydrogens (tertiary/aromatic N) is 3. The second-order valence-corrected chi connectivity index (χ2v) is 6.31. The summed E-state index contributed by atoms with van der Waals surface area (Å²) in [5.41, 5.74) is 1.90. The number of benzene rings is 1. The predicted octanol–water partition coefficient (Wildman–Crippen LogP) is 3.90. The van der Waals surface area contributed by atoms with E-state index in [-0.39, 0.29) is 12.2 Å². The van der Waals surface area contributed by atoms with Crippen LogP contribution >= 0.6 is 0 Å². The van der Waals surface area contributed by atoms with Crippen LogP contribution in [0.1, 0.15) is 25.1 Å². The molecule has 28 heavy (non-hydrogen) atoms. The van der Waals surface area contributed by atoms with Gasteiger partial charge in [-0.1, -0.05) is 6.92 Å². The molecule has 1 aromatic heterocycles. The number of anilines is 1. The molecule has 3 amide bonds. The minimum atomic E-state index is -4.81. The van der Waals surface area contributed by atoms with E-state index in [2.05, 4.69) is 9.72 Å². The lowest BCUT2D eigenvalue weighted by Crippen LogP contribution is -2.33. The molecule has 1 aromatic carbocycles. The zero-order valence-corrected chi connectivity index (χ0v) is 15.2. The number of imide groups is 1. The second-order valence-electron chi connectivity index (χ2n) is 6.31. The first-order chi connectivity index (χ1) is 13.2. The van der Waals surface area contributed by atoms with Gasteiger partial charge in [0, 0.05) is 18.4 Å². The van der Waals surface area contributed by atoms with Crippen molar-refractivity contribution in [2.24, 2.45) is 0 Å². The summed E-state index contributed by atoms with van der Waals surface area (Å²) in [6, 6.07) is 7.03. The maximum absolute atomic E-state index is 12.8. The van der Waals surface area contributed by atoms with Crippen LogP contribution < -0.4 is 9.64 Å². The van der Waals surface area contributed by atoms with Crippen molar-refractivity contribution in [2.75, 3.05) is 4.90 Å². The number of carbonyl (C=O) groups excluding carboxylic acids is 2. The molecule has 0 aliphatic carbocycles. The Morgan fingerprint density at radius 2 is 1.82 bits per heavy atom. The Bertz CT molecular complexity index is 884. The lowest BCUT2D eigenvalue weighted by atomic mass is 10.2. The Balaban J connectivity index is 1.80. The molecular formula is C19H18F3N3O3. The number of pyridine rings is 1. The maximum Gasteiger partial charge on any atom is 0.573 e. The number of amides is 3. The number of halogens is 3. The molecule has 0 bridgehead atoms. The highest BCUT2D eigenvalue weighted by Crippen LogP contribution is 2.30. The minimum absolute atomic E-state index is 0.183. The minimum Gasteiger partial charge on any atom is -0.406 e. The third kappa shape index (κ3) is 4.08. The van der Waals surface area contributed by atoms with Gasteiger partial charge in [0.15, 0.2) is 0 Å². The quantitative estimate of drug-likeness (QED) is 0.723. The number of rotatable bonds is 5. The molecular weight excluding hydrogens is 375 g/mol. The fourth-order valence-corrected chi connectivity index (χ4v) is 2.96. The third-order valence-corrected chi connectivity index (χ3v) is 4.41. The van der Waals surface area contributed by atoms with Gasteiger partial charge in [-0.2, -0.15) is 0 Å². The van der Waals surface area contributed by atoms with Crippen LogP contribution in [0.25, 0.3) is 0 Å². The first-order valence-corrected chi connectivity index (χ1v) is 8.64. The van der Waals surface area contributed by atoms with Crippen LogP contribution in [0, 0.1) is 0 Å². The van der Waals surface area contributed by atoms with Crippen LogP contribution in [-0.2, 0) is 17.8 Å². The molecule has 1 atom stereocenters. The lowest BCUT2D eigenvalue weighted by Gasteiger charge is -2.19. The predicted molar refractivity (Wildman–Crippen MR) is 94.6 cm³/mol. The summed E-state index contributed by atoms with van der Waals surface area (Å²) < 4.78 is 40.6. The van der Waals surface area contributed by atoms with Crippen LogP contribution in [0.5, 0.6) is 5.75 Å². The van der Waals surface area contributed by atoms with Gasteiger partial charge in [-0.15, -0.1) is 13.2 Å². The van der Waals surface area contributed by atoms with Gasteiger partial charge in [0.2, 0.25) is 0 Å². The molecule has 1 aliphatic heterocycles. The Morgan fingerprint density at radius 1 is 1.14 bits per heavy atom. The van der Waals surface area contributed by atoms with E-state index in [9.17, 15) is 22.8 Å². The van der Waals surface area contributed by atoms with Gasteiger partial charge in [0.1, 0.15) is 11.8 Å². The maximum atomic E-state index is 12.8. The highest BCUT2D eigenvalue weighted by molar-refractivity contribution is 6.21. The number of hydrogen-bond donors (Lipinski definition) is 0. The van der Waals surface area contributed by atoms with Crippen molar-refractivity contribution in [1.82, 2.24) is 9.88 Å². The SMILES string of the molecule is CCc1cc(CN2C(=O)N(c3ccc(OC(F)(F)F)cc3)C(=O)C2C)ccn1. The summed E-state index contributed by atoms with van der Waals surface area (Å²) in [6.45, 7) is 3.81. The van der Waals surface area contributed by atoms with Gasteiger partial charge < -0.3 is 9.64 Å². The Kier molecular flexibility index (Phi) is 5.26. The van der Waals surface area contributed by atoms with E-state index >= 15 is 0 Å². The molecule has 0 N–H and O–H groups in total. The molecule has 0 spiro atoms. The van der Waals surface area contributed by atoms with E-state index in [0.717, 1.165) is 34.7 Å². The van der Waals surface area contributed by atoms with Crippen LogP contribution in [0.2, 0.25) is 0 Å². The van der Waals surface area contributed by atoms with E-state index in [1.54, 1.807) is 19.2 Å². The average Bonchev–Trinajstić information content (AvgIpc) is 2.85. The number of urea groups is 1. The number of hydrogen-bond acceptors (Lipinski definition) is 4. The van der Waals surface area contributed by atoms with Crippen molar-refractivity contribution in [3.8, 4) is 5.75 Å². The Hall–Kier alpha value is -3.10. The molecule has 1 aliphatic rings. The second kappa shape index (κ2) is 7.49. The van der Waals surface area contributed by atoms with Crippen LogP contribution in [0.15, 0.2) is 42.6 Å². The van der Waals surface area contributed by atoms with Crippen molar-refractivity contribution < 1.29 is 27.5 Å². The first-order valence-electron chi connectivity index (χ1n) is 8.64. The molecule has 1 fully saturated rings. The van der Waals surface area contributed by atoms with Crippen molar-refractivity contribution in [2.45, 2.75) is 39.2 Å². The van der Waals surface area contributed by atoms with Gasteiger partial charge in [-0.05, 0) is 55.3 Å². The highest BCUT2D eigenvalue weighted by Gasteiger charge is 2.43. The largest absolute Gasteiger partial charge is 0.573 e. The molecule has 1 unspecified atom stereocenters. The fraction of sp³-hybridized carbons (Fsp3) is 0.316. The molecule has 1 saturated heterocycles. The number of carbonyl (C=O) groups is 2. The molecule has 3 rings (SSSR count). The number of aryl methyl sites for hydroxylation is 1. The van der Waals surface area contributed by atoms with E-state index < -0.39 is 30.1 Å². The Labute approximate surface area is 159 Å². The molecule has 6 nitrogen and oxygen atoms in total. The summed E-state index contributed by atoms with van der Waals surface area (Å²) in [4.78, 5) is 32.0. The average molecular weight is 393 g/mol. The van der Waals surface area contributed by atoms with Crippen molar-refractivity contribution in [3.05, 3.63) is 53.9 Å². The van der Waals surface area contributed by atoms with Crippen molar-refractivity contribution in [1.29, 1.82) is 0 Å². The molecule has 9 heteroatoms.